The van der Waals surface area contributed by atoms with Crippen molar-refractivity contribution in [2.24, 2.45) is 0 Å². The molecule has 2 aromatic rings. The van der Waals surface area contributed by atoms with E-state index in [0.29, 0.717) is 10.9 Å². The molecule has 1 saturated heterocycles. The number of hydrogen-bond acceptors (Lipinski definition) is 6. The molecule has 0 bridgehead atoms. The van der Waals surface area contributed by atoms with Crippen LogP contribution in [0.3, 0.4) is 0 Å². The van der Waals surface area contributed by atoms with E-state index in [-0.39, 0.29) is 18.1 Å². The Morgan fingerprint density at radius 1 is 1.46 bits per heavy atom. The second-order valence-corrected chi connectivity index (χ2v) is 6.79. The third-order valence-electron chi connectivity index (χ3n) is 3.60. The van der Waals surface area contributed by atoms with Gasteiger partial charge >= 0.3 is 0 Å². The molecule has 1 amide bonds. The van der Waals surface area contributed by atoms with Gasteiger partial charge in [0.1, 0.15) is 5.76 Å². The Morgan fingerprint density at radius 2 is 2.25 bits per heavy atom. The Balaban J connectivity index is 1.52. The van der Waals surface area contributed by atoms with Crippen LogP contribution >= 0.6 is 11.3 Å². The zero-order valence-corrected chi connectivity index (χ0v) is 14.6. The second-order valence-electron chi connectivity index (χ2n) is 5.93. The average Bonchev–Trinajstić information content (AvgIpc) is 3.16. The fourth-order valence-electron chi connectivity index (χ4n) is 2.77. The molecule has 1 fully saturated rings. The molecule has 1 N–H and O–H groups in total. The fraction of sp³-hybridized carbons (Fsp3) is 0.412. The number of furan rings is 1. The number of amides is 1. The van der Waals surface area contributed by atoms with E-state index in [0.717, 1.165) is 25.3 Å². The first-order valence-electron chi connectivity index (χ1n) is 7.93. The molecule has 6 nitrogen and oxygen atoms in total. The van der Waals surface area contributed by atoms with Crippen LogP contribution in [0.2, 0.25) is 0 Å². The summed E-state index contributed by atoms with van der Waals surface area (Å²) in [5, 5.41) is 5.36. The van der Waals surface area contributed by atoms with Crippen LogP contribution in [0.5, 0.6) is 0 Å². The smallest absolute Gasteiger partial charge is 0.250 e. The van der Waals surface area contributed by atoms with Crippen LogP contribution in [0.1, 0.15) is 25.3 Å². The Labute approximate surface area is 145 Å². The summed E-state index contributed by atoms with van der Waals surface area (Å²) in [7, 11) is 0. The maximum absolute atomic E-state index is 11.9. The lowest BCUT2D eigenvalue weighted by Gasteiger charge is -2.34. The lowest BCUT2D eigenvalue weighted by Crippen LogP contribution is -2.44. The van der Waals surface area contributed by atoms with E-state index in [4.69, 9.17) is 9.15 Å². The maximum atomic E-state index is 11.9. The number of nitrogens with one attached hydrogen (secondary N) is 1. The van der Waals surface area contributed by atoms with Crippen LogP contribution in [0, 0.1) is 0 Å². The number of ether oxygens (including phenoxy) is 1. The van der Waals surface area contributed by atoms with E-state index in [9.17, 15) is 4.79 Å². The highest BCUT2D eigenvalue weighted by atomic mass is 32.1. The van der Waals surface area contributed by atoms with E-state index in [2.05, 4.69) is 29.0 Å². The Bertz CT molecular complexity index is 686. The summed E-state index contributed by atoms with van der Waals surface area (Å²) in [6.07, 6.45) is 5.10. The number of thiazole rings is 1. The number of carbonyl (C=O) groups excluding carboxylic acids is 1. The number of nitrogens with zero attached hydrogens (tertiary/aromatic N) is 2. The van der Waals surface area contributed by atoms with Gasteiger partial charge in [0.15, 0.2) is 5.13 Å². The fourth-order valence-corrected chi connectivity index (χ4v) is 3.47. The molecule has 24 heavy (non-hydrogen) atoms. The summed E-state index contributed by atoms with van der Waals surface area (Å²) in [5.74, 6) is 0.418. The molecule has 7 heteroatoms. The SMILES string of the molecule is C[C@@H]1CN(Cc2csc(NC(=O)/C=C\c3ccco3)n2)C[C@@H](C)O1. The molecule has 2 aromatic heterocycles. The number of aromatic nitrogens is 1. The highest BCUT2D eigenvalue weighted by Crippen LogP contribution is 2.19. The van der Waals surface area contributed by atoms with Gasteiger partial charge < -0.3 is 9.15 Å². The molecule has 128 valence electrons. The summed E-state index contributed by atoms with van der Waals surface area (Å²) in [5.41, 5.74) is 0.964. The second kappa shape index (κ2) is 7.74. The topological polar surface area (TPSA) is 67.6 Å². The van der Waals surface area contributed by atoms with Gasteiger partial charge in [0.2, 0.25) is 5.91 Å². The van der Waals surface area contributed by atoms with Gasteiger partial charge in [-0.25, -0.2) is 4.98 Å². The minimum absolute atomic E-state index is 0.221. The highest BCUT2D eigenvalue weighted by Gasteiger charge is 2.22. The monoisotopic (exact) mass is 347 g/mol. The van der Waals surface area contributed by atoms with Crippen molar-refractivity contribution in [1.29, 1.82) is 0 Å². The van der Waals surface area contributed by atoms with Gasteiger partial charge in [-0.05, 0) is 32.1 Å². The maximum Gasteiger partial charge on any atom is 0.250 e. The van der Waals surface area contributed by atoms with Crippen LogP contribution < -0.4 is 5.32 Å². The van der Waals surface area contributed by atoms with Gasteiger partial charge in [0.05, 0.1) is 24.2 Å². The predicted octanol–water partition coefficient (Wildman–Crippen LogP) is 3.00. The van der Waals surface area contributed by atoms with Crippen LogP contribution in [-0.2, 0) is 16.1 Å². The number of carbonyl (C=O) groups is 1. The Kier molecular flexibility index (Phi) is 5.44. The molecule has 0 unspecified atom stereocenters. The summed E-state index contributed by atoms with van der Waals surface area (Å²) in [6, 6.07) is 3.56. The van der Waals surface area contributed by atoms with E-state index < -0.39 is 0 Å². The summed E-state index contributed by atoms with van der Waals surface area (Å²) >= 11 is 1.43. The number of hydrogen-bond donors (Lipinski definition) is 1. The van der Waals surface area contributed by atoms with E-state index >= 15 is 0 Å². The lowest BCUT2D eigenvalue weighted by molar-refractivity contribution is -0.111. The van der Waals surface area contributed by atoms with Gasteiger partial charge in [-0.2, -0.15) is 0 Å². The Hall–Kier alpha value is -1.96. The van der Waals surface area contributed by atoms with Crippen molar-refractivity contribution >= 4 is 28.5 Å². The van der Waals surface area contributed by atoms with Gasteiger partial charge in [-0.1, -0.05) is 0 Å². The number of anilines is 1. The lowest BCUT2D eigenvalue weighted by atomic mass is 10.2. The molecular weight excluding hydrogens is 326 g/mol. The van der Waals surface area contributed by atoms with Gasteiger partial charge in [-0.3, -0.25) is 15.0 Å². The molecule has 1 aliphatic heterocycles. The molecule has 0 aliphatic carbocycles. The summed E-state index contributed by atoms with van der Waals surface area (Å²) in [4.78, 5) is 18.7. The van der Waals surface area contributed by atoms with E-state index in [1.165, 1.54) is 17.4 Å². The number of morpholine rings is 1. The zero-order chi connectivity index (χ0) is 16.9. The molecule has 2 atom stereocenters. The standard InChI is InChI=1S/C17H21N3O3S/c1-12-8-20(9-13(2)23-12)10-14-11-24-17(18-14)19-16(21)6-5-15-4-3-7-22-15/h3-7,11-13H,8-10H2,1-2H3,(H,18,19,21)/b6-5-/t12-,13-/m1/s1. The molecule has 1 aliphatic rings. The molecule has 0 spiro atoms. The van der Waals surface area contributed by atoms with Crippen molar-refractivity contribution in [3.05, 3.63) is 41.3 Å². The van der Waals surface area contributed by atoms with Crippen molar-refractivity contribution in [1.82, 2.24) is 9.88 Å². The first-order chi connectivity index (χ1) is 11.6. The quantitative estimate of drug-likeness (QED) is 0.842. The van der Waals surface area contributed by atoms with E-state index in [1.807, 2.05) is 5.38 Å². The van der Waals surface area contributed by atoms with Crippen molar-refractivity contribution in [3.63, 3.8) is 0 Å². The first-order valence-corrected chi connectivity index (χ1v) is 8.81. The molecule has 0 aromatic carbocycles. The molecule has 0 radical (unpaired) electrons. The predicted molar refractivity (Wildman–Crippen MR) is 93.8 cm³/mol. The van der Waals surface area contributed by atoms with Crippen LogP contribution in [0.4, 0.5) is 5.13 Å². The van der Waals surface area contributed by atoms with Crippen LogP contribution in [-0.4, -0.2) is 41.1 Å². The van der Waals surface area contributed by atoms with Crippen LogP contribution in [0.15, 0.2) is 34.3 Å². The average molecular weight is 347 g/mol. The normalized spacial score (nSPS) is 22.1. The van der Waals surface area contributed by atoms with Crippen molar-refractivity contribution < 1.29 is 13.9 Å². The number of rotatable bonds is 5. The van der Waals surface area contributed by atoms with Crippen molar-refractivity contribution in [2.75, 3.05) is 18.4 Å². The summed E-state index contributed by atoms with van der Waals surface area (Å²) in [6.45, 7) is 6.74. The van der Waals surface area contributed by atoms with Gasteiger partial charge in [0.25, 0.3) is 0 Å². The van der Waals surface area contributed by atoms with Crippen LogP contribution in [0.25, 0.3) is 6.08 Å². The minimum Gasteiger partial charge on any atom is -0.465 e. The van der Waals surface area contributed by atoms with Gasteiger partial charge in [0, 0.05) is 31.1 Å². The van der Waals surface area contributed by atoms with Crippen molar-refractivity contribution in [3.8, 4) is 0 Å². The molecule has 0 saturated carbocycles. The molecule has 3 heterocycles. The molecule has 3 rings (SSSR count). The largest absolute Gasteiger partial charge is 0.465 e. The third-order valence-corrected chi connectivity index (χ3v) is 4.41. The third kappa shape index (κ3) is 4.77. The van der Waals surface area contributed by atoms with E-state index in [1.54, 1.807) is 24.5 Å². The van der Waals surface area contributed by atoms with Crippen molar-refractivity contribution in [2.45, 2.75) is 32.6 Å². The van der Waals surface area contributed by atoms with Gasteiger partial charge in [-0.15, -0.1) is 11.3 Å². The summed E-state index contributed by atoms with van der Waals surface area (Å²) < 4.78 is 10.9. The zero-order valence-electron chi connectivity index (χ0n) is 13.8. The first kappa shape index (κ1) is 16.9. The molecular formula is C17H21N3O3S. The minimum atomic E-state index is -0.221. The Morgan fingerprint density at radius 3 is 2.96 bits per heavy atom. The highest BCUT2D eigenvalue weighted by molar-refractivity contribution is 7.13.